The summed E-state index contributed by atoms with van der Waals surface area (Å²) in [5, 5.41) is 22.0. The summed E-state index contributed by atoms with van der Waals surface area (Å²) in [5.41, 5.74) is 1.46. The van der Waals surface area contributed by atoms with E-state index in [-0.39, 0.29) is 17.8 Å². The fraction of sp³-hybridized carbons (Fsp3) is 0.143. The maximum absolute atomic E-state index is 11.0. The molecular weight excluding hydrogens is 260 g/mol. The molecular formula is C14H11N2O4. The summed E-state index contributed by atoms with van der Waals surface area (Å²) in [6.45, 7) is 1.75. The number of nitro benzene ring substituents is 2. The van der Waals surface area contributed by atoms with Gasteiger partial charge in [0.1, 0.15) is 0 Å². The van der Waals surface area contributed by atoms with Gasteiger partial charge in [0.25, 0.3) is 11.4 Å². The zero-order chi connectivity index (χ0) is 14.7. The van der Waals surface area contributed by atoms with Crippen molar-refractivity contribution in [2.24, 2.45) is 0 Å². The fourth-order valence-electron chi connectivity index (χ4n) is 2.05. The van der Waals surface area contributed by atoms with Gasteiger partial charge in [0.05, 0.1) is 15.9 Å². The van der Waals surface area contributed by atoms with Crippen LogP contribution in [-0.4, -0.2) is 9.85 Å². The molecule has 0 unspecified atom stereocenters. The molecule has 20 heavy (non-hydrogen) atoms. The smallest absolute Gasteiger partial charge is 0.258 e. The van der Waals surface area contributed by atoms with Gasteiger partial charge in [-0.1, -0.05) is 24.3 Å². The summed E-state index contributed by atoms with van der Waals surface area (Å²) >= 11 is 0. The Kier molecular flexibility index (Phi) is 3.74. The molecule has 6 heteroatoms. The standard InChI is InChI=1S/C14H11N2O4/c1-10-5-4-8-14(16(19)20)12(10)9-11-6-2-3-7-13(11)15(17)18/h2-6,8H,9H2,1H3. The number of hydrogen-bond donors (Lipinski definition) is 0. The second-order valence-corrected chi connectivity index (χ2v) is 4.31. The maximum atomic E-state index is 11.0. The Hall–Kier alpha value is -2.76. The Morgan fingerprint density at radius 3 is 2.50 bits per heavy atom. The summed E-state index contributed by atoms with van der Waals surface area (Å²) in [6.07, 6.45) is 0.136. The molecule has 0 fully saturated rings. The lowest BCUT2D eigenvalue weighted by Gasteiger charge is -2.07. The van der Waals surface area contributed by atoms with Crippen LogP contribution < -0.4 is 0 Å². The molecule has 0 aromatic heterocycles. The van der Waals surface area contributed by atoms with Crippen LogP contribution in [0.3, 0.4) is 0 Å². The summed E-state index contributed by atoms with van der Waals surface area (Å²) in [7, 11) is 0. The first-order valence-corrected chi connectivity index (χ1v) is 5.87. The molecule has 1 radical (unpaired) electrons. The molecule has 6 nitrogen and oxygen atoms in total. The largest absolute Gasteiger partial charge is 0.280 e. The number of para-hydroxylation sites is 1. The predicted octanol–water partition coefficient (Wildman–Crippen LogP) is 3.20. The minimum atomic E-state index is -0.528. The van der Waals surface area contributed by atoms with Crippen molar-refractivity contribution >= 4 is 11.4 Å². The molecule has 0 aliphatic rings. The SMILES string of the molecule is Cc1cccc([N+](=O)[O-])c1Cc1ccc[c]c1[N+](=O)[O-]. The second-order valence-electron chi connectivity index (χ2n) is 4.31. The van der Waals surface area contributed by atoms with Crippen LogP contribution in [0.4, 0.5) is 11.4 Å². The van der Waals surface area contributed by atoms with Gasteiger partial charge in [-0.2, -0.15) is 0 Å². The lowest BCUT2D eigenvalue weighted by Crippen LogP contribution is -2.02. The van der Waals surface area contributed by atoms with Crippen molar-refractivity contribution in [2.75, 3.05) is 0 Å². The highest BCUT2D eigenvalue weighted by atomic mass is 16.6. The number of benzene rings is 2. The van der Waals surface area contributed by atoms with E-state index in [0.717, 1.165) is 5.56 Å². The molecule has 0 saturated carbocycles. The van der Waals surface area contributed by atoms with E-state index in [9.17, 15) is 20.2 Å². The van der Waals surface area contributed by atoms with Gasteiger partial charge in [-0.25, -0.2) is 0 Å². The highest BCUT2D eigenvalue weighted by Crippen LogP contribution is 2.28. The Balaban J connectivity index is 2.51. The van der Waals surface area contributed by atoms with Crippen molar-refractivity contribution in [1.29, 1.82) is 0 Å². The van der Waals surface area contributed by atoms with Gasteiger partial charge in [0.15, 0.2) is 0 Å². The van der Waals surface area contributed by atoms with Crippen LogP contribution in [-0.2, 0) is 6.42 Å². The van der Waals surface area contributed by atoms with Crippen molar-refractivity contribution in [1.82, 2.24) is 0 Å². The summed E-state index contributed by atoms with van der Waals surface area (Å²) in [4.78, 5) is 21.0. The minimum absolute atomic E-state index is 0.0249. The van der Waals surface area contributed by atoms with Crippen LogP contribution >= 0.6 is 0 Å². The topological polar surface area (TPSA) is 86.3 Å². The highest BCUT2D eigenvalue weighted by Gasteiger charge is 2.20. The average molecular weight is 271 g/mol. The number of nitro groups is 2. The van der Waals surface area contributed by atoms with Crippen LogP contribution in [0.1, 0.15) is 16.7 Å². The Labute approximate surface area is 115 Å². The molecule has 0 saturated heterocycles. The van der Waals surface area contributed by atoms with Crippen LogP contribution in [0.5, 0.6) is 0 Å². The first kappa shape index (κ1) is 13.7. The summed E-state index contributed by atoms with van der Waals surface area (Å²) in [6, 6.07) is 12.0. The number of nitrogens with zero attached hydrogens (tertiary/aromatic N) is 2. The molecule has 2 aromatic rings. The van der Waals surface area contributed by atoms with Crippen LogP contribution in [0.15, 0.2) is 36.4 Å². The average Bonchev–Trinajstić information content (AvgIpc) is 2.41. The highest BCUT2D eigenvalue weighted by molar-refractivity contribution is 5.51. The second kappa shape index (κ2) is 5.48. The van der Waals surface area contributed by atoms with Crippen molar-refractivity contribution in [2.45, 2.75) is 13.3 Å². The van der Waals surface area contributed by atoms with Crippen LogP contribution in [0.2, 0.25) is 0 Å². The van der Waals surface area contributed by atoms with Gasteiger partial charge < -0.3 is 0 Å². The van der Waals surface area contributed by atoms with Gasteiger partial charge in [-0.05, 0) is 18.6 Å². The van der Waals surface area contributed by atoms with E-state index in [1.807, 2.05) is 0 Å². The molecule has 0 amide bonds. The Bertz CT molecular complexity index is 683. The Morgan fingerprint density at radius 2 is 1.85 bits per heavy atom. The maximum Gasteiger partial charge on any atom is 0.280 e. The molecule has 0 atom stereocenters. The predicted molar refractivity (Wildman–Crippen MR) is 72.6 cm³/mol. The van der Waals surface area contributed by atoms with E-state index in [2.05, 4.69) is 6.07 Å². The zero-order valence-corrected chi connectivity index (χ0v) is 10.7. The molecule has 0 bridgehead atoms. The normalized spacial score (nSPS) is 10.2. The molecule has 0 N–H and O–H groups in total. The van der Waals surface area contributed by atoms with Gasteiger partial charge in [-0.3, -0.25) is 20.2 Å². The van der Waals surface area contributed by atoms with E-state index in [0.29, 0.717) is 11.1 Å². The number of rotatable bonds is 4. The number of hydrogen-bond acceptors (Lipinski definition) is 4. The fourth-order valence-corrected chi connectivity index (χ4v) is 2.05. The molecule has 2 rings (SSSR count). The van der Waals surface area contributed by atoms with E-state index in [4.69, 9.17) is 0 Å². The Morgan fingerprint density at radius 1 is 1.10 bits per heavy atom. The number of aryl methyl sites for hydroxylation is 1. The third-order valence-corrected chi connectivity index (χ3v) is 3.05. The quantitative estimate of drug-likeness (QED) is 0.631. The molecule has 0 heterocycles. The molecule has 101 valence electrons. The van der Waals surface area contributed by atoms with Crippen molar-refractivity contribution in [3.63, 3.8) is 0 Å². The lowest BCUT2D eigenvalue weighted by atomic mass is 9.98. The lowest BCUT2D eigenvalue weighted by molar-refractivity contribution is -0.386. The molecule has 0 spiro atoms. The minimum Gasteiger partial charge on any atom is -0.258 e. The van der Waals surface area contributed by atoms with Gasteiger partial charge in [-0.15, -0.1) is 0 Å². The molecule has 0 aliphatic carbocycles. The van der Waals surface area contributed by atoms with Crippen molar-refractivity contribution < 1.29 is 9.85 Å². The summed E-state index contributed by atoms with van der Waals surface area (Å²) in [5.74, 6) is 0. The van der Waals surface area contributed by atoms with E-state index in [1.54, 1.807) is 31.2 Å². The summed E-state index contributed by atoms with van der Waals surface area (Å²) < 4.78 is 0. The zero-order valence-electron chi connectivity index (χ0n) is 10.7. The van der Waals surface area contributed by atoms with Gasteiger partial charge in [0, 0.05) is 23.6 Å². The molecule has 0 aliphatic heterocycles. The molecule has 2 aromatic carbocycles. The van der Waals surface area contributed by atoms with Crippen molar-refractivity contribution in [3.05, 3.63) is 79.4 Å². The van der Waals surface area contributed by atoms with Gasteiger partial charge in [0.2, 0.25) is 0 Å². The van der Waals surface area contributed by atoms with E-state index < -0.39 is 9.85 Å². The first-order valence-electron chi connectivity index (χ1n) is 5.87. The van der Waals surface area contributed by atoms with E-state index in [1.165, 1.54) is 12.1 Å². The monoisotopic (exact) mass is 271 g/mol. The van der Waals surface area contributed by atoms with Crippen LogP contribution in [0, 0.1) is 33.2 Å². The first-order chi connectivity index (χ1) is 9.50. The van der Waals surface area contributed by atoms with Crippen molar-refractivity contribution in [3.8, 4) is 0 Å². The van der Waals surface area contributed by atoms with Crippen LogP contribution in [0.25, 0.3) is 0 Å². The van der Waals surface area contributed by atoms with E-state index >= 15 is 0 Å². The third kappa shape index (κ3) is 2.64. The third-order valence-electron chi connectivity index (χ3n) is 3.05. The van der Waals surface area contributed by atoms with Gasteiger partial charge >= 0.3 is 0 Å².